The number of nitrogens with one attached hydrogen (secondary N) is 1. The molecule has 0 aliphatic carbocycles. The van der Waals surface area contributed by atoms with Gasteiger partial charge in [0.25, 0.3) is 5.91 Å². The highest BCUT2D eigenvalue weighted by Crippen LogP contribution is 2.38. The number of hydrogen-bond acceptors (Lipinski definition) is 4. The van der Waals surface area contributed by atoms with Crippen LogP contribution in [0.15, 0.2) is 12.1 Å². The number of benzene rings is 1. The molecule has 0 bridgehead atoms. The van der Waals surface area contributed by atoms with Gasteiger partial charge in [0.05, 0.1) is 12.1 Å². The zero-order chi connectivity index (χ0) is 14.7. The SMILES string of the molecule is CNCc1cc(Cl)c(OC2CCN(C)C2=O)c(OC)c1. The summed E-state index contributed by atoms with van der Waals surface area (Å²) in [4.78, 5) is 13.6. The van der Waals surface area contributed by atoms with Crippen LogP contribution in [0.4, 0.5) is 0 Å². The van der Waals surface area contributed by atoms with Crippen LogP contribution < -0.4 is 14.8 Å². The predicted octanol–water partition coefficient (Wildman–Crippen LogP) is 1.68. The lowest BCUT2D eigenvalue weighted by Gasteiger charge is -2.17. The summed E-state index contributed by atoms with van der Waals surface area (Å²) >= 11 is 6.25. The molecule has 1 heterocycles. The Bertz CT molecular complexity index is 507. The van der Waals surface area contributed by atoms with Gasteiger partial charge < -0.3 is 19.7 Å². The van der Waals surface area contributed by atoms with Gasteiger partial charge in [-0.3, -0.25) is 4.79 Å². The van der Waals surface area contributed by atoms with Crippen LogP contribution in [0.2, 0.25) is 5.02 Å². The lowest BCUT2D eigenvalue weighted by molar-refractivity contribution is -0.132. The third-order valence-electron chi connectivity index (χ3n) is 3.31. The number of hydrogen-bond donors (Lipinski definition) is 1. The number of amides is 1. The molecule has 110 valence electrons. The third kappa shape index (κ3) is 2.99. The van der Waals surface area contributed by atoms with Crippen LogP contribution in [0.25, 0.3) is 0 Å². The summed E-state index contributed by atoms with van der Waals surface area (Å²) in [6.07, 6.45) is 0.175. The highest BCUT2D eigenvalue weighted by molar-refractivity contribution is 6.32. The van der Waals surface area contributed by atoms with E-state index < -0.39 is 6.10 Å². The molecule has 1 atom stereocenters. The summed E-state index contributed by atoms with van der Waals surface area (Å²) in [5.41, 5.74) is 0.997. The first kappa shape index (κ1) is 14.9. The van der Waals surface area contributed by atoms with E-state index in [4.69, 9.17) is 21.1 Å². The maximum absolute atomic E-state index is 11.9. The Morgan fingerprint density at radius 1 is 1.50 bits per heavy atom. The number of carbonyl (C=O) groups is 1. The van der Waals surface area contributed by atoms with Crippen molar-refractivity contribution in [1.82, 2.24) is 10.2 Å². The Morgan fingerprint density at radius 2 is 2.25 bits per heavy atom. The third-order valence-corrected chi connectivity index (χ3v) is 3.59. The molecule has 0 spiro atoms. The molecular formula is C14H19ClN2O3. The van der Waals surface area contributed by atoms with E-state index in [1.807, 2.05) is 19.2 Å². The van der Waals surface area contributed by atoms with Crippen LogP contribution >= 0.6 is 11.6 Å². The molecule has 1 saturated heterocycles. The number of methoxy groups -OCH3 is 1. The molecule has 5 nitrogen and oxygen atoms in total. The van der Waals surface area contributed by atoms with Crippen molar-refractivity contribution in [1.29, 1.82) is 0 Å². The fourth-order valence-corrected chi connectivity index (χ4v) is 2.51. The molecular weight excluding hydrogens is 280 g/mol. The van der Waals surface area contributed by atoms with Crippen LogP contribution in [0.3, 0.4) is 0 Å². The van der Waals surface area contributed by atoms with E-state index in [9.17, 15) is 4.79 Å². The second-order valence-corrected chi connectivity index (χ2v) is 5.20. The molecule has 1 aromatic rings. The summed E-state index contributed by atoms with van der Waals surface area (Å²) in [6.45, 7) is 1.38. The fourth-order valence-electron chi connectivity index (χ4n) is 2.24. The molecule has 0 aromatic heterocycles. The van der Waals surface area contributed by atoms with Gasteiger partial charge in [0.2, 0.25) is 0 Å². The number of likely N-dealkylation sites (tertiary alicyclic amines) is 1. The van der Waals surface area contributed by atoms with Crippen molar-refractivity contribution in [2.75, 3.05) is 27.7 Å². The van der Waals surface area contributed by atoms with Crippen molar-refractivity contribution < 1.29 is 14.3 Å². The first-order valence-corrected chi connectivity index (χ1v) is 6.87. The summed E-state index contributed by atoms with van der Waals surface area (Å²) in [5.74, 6) is 0.954. The zero-order valence-electron chi connectivity index (χ0n) is 11.9. The number of halogens is 1. The topological polar surface area (TPSA) is 50.8 Å². The van der Waals surface area contributed by atoms with E-state index in [0.29, 0.717) is 36.0 Å². The lowest BCUT2D eigenvalue weighted by Crippen LogP contribution is -2.29. The van der Waals surface area contributed by atoms with Crippen molar-refractivity contribution >= 4 is 17.5 Å². The van der Waals surface area contributed by atoms with E-state index in [1.165, 1.54) is 0 Å². The van der Waals surface area contributed by atoms with Gasteiger partial charge in [-0.1, -0.05) is 11.6 Å². The summed E-state index contributed by atoms with van der Waals surface area (Å²) in [7, 11) is 5.18. The summed E-state index contributed by atoms with van der Waals surface area (Å²) in [5, 5.41) is 3.51. The van der Waals surface area contributed by atoms with E-state index in [2.05, 4.69) is 5.32 Å². The molecule has 1 aliphatic rings. The molecule has 1 aliphatic heterocycles. The predicted molar refractivity (Wildman–Crippen MR) is 77.4 cm³/mol. The van der Waals surface area contributed by atoms with E-state index >= 15 is 0 Å². The molecule has 0 radical (unpaired) electrons. The van der Waals surface area contributed by atoms with Crippen LogP contribution in [0.5, 0.6) is 11.5 Å². The summed E-state index contributed by atoms with van der Waals surface area (Å²) < 4.78 is 11.1. The average Bonchev–Trinajstić information content (AvgIpc) is 2.73. The maximum Gasteiger partial charge on any atom is 0.263 e. The van der Waals surface area contributed by atoms with Crippen LogP contribution in [0.1, 0.15) is 12.0 Å². The Balaban J connectivity index is 2.25. The van der Waals surface area contributed by atoms with Gasteiger partial charge in [-0.2, -0.15) is 0 Å². The first-order chi connectivity index (χ1) is 9.56. The maximum atomic E-state index is 11.9. The first-order valence-electron chi connectivity index (χ1n) is 6.49. The minimum Gasteiger partial charge on any atom is -0.493 e. The molecule has 1 fully saturated rings. The second-order valence-electron chi connectivity index (χ2n) is 4.79. The number of rotatable bonds is 5. The average molecular weight is 299 g/mol. The number of nitrogens with zero attached hydrogens (tertiary/aromatic N) is 1. The van der Waals surface area contributed by atoms with E-state index in [-0.39, 0.29) is 5.91 Å². The minimum absolute atomic E-state index is 0.0255. The normalized spacial score (nSPS) is 18.5. The minimum atomic E-state index is -0.485. The molecule has 20 heavy (non-hydrogen) atoms. The van der Waals surface area contributed by atoms with Crippen molar-refractivity contribution in [2.24, 2.45) is 0 Å². The van der Waals surface area contributed by atoms with Gasteiger partial charge in [0, 0.05) is 26.6 Å². The van der Waals surface area contributed by atoms with Crippen LogP contribution in [-0.2, 0) is 11.3 Å². The highest BCUT2D eigenvalue weighted by atomic mass is 35.5. The Labute approximate surface area is 123 Å². The lowest BCUT2D eigenvalue weighted by atomic mass is 10.2. The molecule has 1 aromatic carbocycles. The molecule has 1 unspecified atom stereocenters. The van der Waals surface area contributed by atoms with Gasteiger partial charge in [-0.15, -0.1) is 0 Å². The van der Waals surface area contributed by atoms with Crippen molar-refractivity contribution in [3.05, 3.63) is 22.7 Å². The smallest absolute Gasteiger partial charge is 0.263 e. The van der Waals surface area contributed by atoms with Crippen molar-refractivity contribution in [3.63, 3.8) is 0 Å². The molecule has 1 amide bonds. The van der Waals surface area contributed by atoms with E-state index in [1.54, 1.807) is 19.1 Å². The van der Waals surface area contributed by atoms with Gasteiger partial charge >= 0.3 is 0 Å². The fraction of sp³-hybridized carbons (Fsp3) is 0.500. The van der Waals surface area contributed by atoms with Gasteiger partial charge in [0.1, 0.15) is 0 Å². The van der Waals surface area contributed by atoms with Crippen LogP contribution in [-0.4, -0.2) is 44.7 Å². The van der Waals surface area contributed by atoms with Gasteiger partial charge in [-0.05, 0) is 24.7 Å². The molecule has 6 heteroatoms. The van der Waals surface area contributed by atoms with Gasteiger partial charge in [0.15, 0.2) is 17.6 Å². The monoisotopic (exact) mass is 298 g/mol. The van der Waals surface area contributed by atoms with E-state index in [0.717, 1.165) is 5.56 Å². The molecule has 1 N–H and O–H groups in total. The van der Waals surface area contributed by atoms with Crippen molar-refractivity contribution in [2.45, 2.75) is 19.1 Å². The zero-order valence-corrected chi connectivity index (χ0v) is 12.7. The number of likely N-dealkylation sites (N-methyl/N-ethyl adjacent to an activating group) is 1. The Morgan fingerprint density at radius 3 is 2.80 bits per heavy atom. The number of ether oxygens (including phenoxy) is 2. The molecule has 2 rings (SSSR count). The standard InChI is InChI=1S/C14H19ClN2O3/c1-16-8-9-6-10(15)13(12(7-9)19-3)20-11-4-5-17(2)14(11)18/h6-7,11,16H,4-5,8H2,1-3H3. The summed E-state index contributed by atoms with van der Waals surface area (Å²) in [6, 6.07) is 3.68. The van der Waals surface area contributed by atoms with Crippen molar-refractivity contribution in [3.8, 4) is 11.5 Å². The second kappa shape index (κ2) is 6.33. The largest absolute Gasteiger partial charge is 0.493 e. The highest BCUT2D eigenvalue weighted by Gasteiger charge is 2.32. The quantitative estimate of drug-likeness (QED) is 0.898. The molecule has 0 saturated carbocycles. The number of carbonyl (C=O) groups excluding carboxylic acids is 1. The van der Waals surface area contributed by atoms with Crippen LogP contribution in [0, 0.1) is 0 Å². The van der Waals surface area contributed by atoms with Gasteiger partial charge in [-0.25, -0.2) is 0 Å². The Hall–Kier alpha value is -1.46. The Kier molecular flexibility index (Phi) is 4.73.